The van der Waals surface area contributed by atoms with Crippen LogP contribution in [0.4, 0.5) is 13.2 Å². The summed E-state index contributed by atoms with van der Waals surface area (Å²) in [5.41, 5.74) is 0. The SMILES string of the molecule is O=C(CC1CCCNCC1)NCC(N1CCNCC1)C(F)(F)F. The van der Waals surface area contributed by atoms with Crippen LogP contribution in [0.1, 0.15) is 25.7 Å². The Morgan fingerprint density at radius 3 is 2.52 bits per heavy atom. The van der Waals surface area contributed by atoms with Crippen molar-refractivity contribution in [2.75, 3.05) is 45.8 Å². The minimum absolute atomic E-state index is 0.263. The fraction of sp³-hybridized carbons (Fsp3) is 0.933. The summed E-state index contributed by atoms with van der Waals surface area (Å²) in [6.45, 7) is 3.29. The lowest BCUT2D eigenvalue weighted by Gasteiger charge is -2.36. The van der Waals surface area contributed by atoms with E-state index in [2.05, 4.69) is 16.0 Å². The van der Waals surface area contributed by atoms with E-state index in [1.165, 1.54) is 4.90 Å². The van der Waals surface area contributed by atoms with Gasteiger partial charge in [-0.15, -0.1) is 0 Å². The highest BCUT2D eigenvalue weighted by Gasteiger charge is 2.43. The first-order valence-electron chi connectivity index (χ1n) is 8.45. The van der Waals surface area contributed by atoms with Crippen LogP contribution in [-0.4, -0.2) is 68.8 Å². The van der Waals surface area contributed by atoms with Crippen LogP contribution in [-0.2, 0) is 4.79 Å². The minimum atomic E-state index is -4.32. The summed E-state index contributed by atoms with van der Waals surface area (Å²) in [5, 5.41) is 8.83. The first kappa shape index (κ1) is 18.5. The van der Waals surface area contributed by atoms with E-state index in [0.717, 1.165) is 32.4 Å². The Balaban J connectivity index is 1.81. The van der Waals surface area contributed by atoms with Crippen molar-refractivity contribution in [2.45, 2.75) is 37.9 Å². The summed E-state index contributed by atoms with van der Waals surface area (Å²) < 4.78 is 39.7. The van der Waals surface area contributed by atoms with Crippen LogP contribution >= 0.6 is 0 Å². The van der Waals surface area contributed by atoms with Gasteiger partial charge in [0.1, 0.15) is 6.04 Å². The first-order valence-corrected chi connectivity index (χ1v) is 8.45. The monoisotopic (exact) mass is 336 g/mol. The van der Waals surface area contributed by atoms with E-state index in [-0.39, 0.29) is 18.4 Å². The molecule has 2 aliphatic rings. The molecule has 5 nitrogen and oxygen atoms in total. The van der Waals surface area contributed by atoms with E-state index < -0.39 is 12.2 Å². The molecule has 23 heavy (non-hydrogen) atoms. The molecule has 3 N–H and O–H groups in total. The highest BCUT2D eigenvalue weighted by molar-refractivity contribution is 5.76. The van der Waals surface area contributed by atoms with Gasteiger partial charge in [-0.3, -0.25) is 9.69 Å². The second-order valence-corrected chi connectivity index (χ2v) is 6.40. The third kappa shape index (κ3) is 6.27. The molecule has 2 saturated heterocycles. The summed E-state index contributed by atoms with van der Waals surface area (Å²) >= 11 is 0. The average molecular weight is 336 g/mol. The van der Waals surface area contributed by atoms with Gasteiger partial charge >= 0.3 is 6.18 Å². The molecule has 2 heterocycles. The molecule has 2 atom stereocenters. The van der Waals surface area contributed by atoms with Crippen molar-refractivity contribution in [3.63, 3.8) is 0 Å². The number of hydrogen-bond donors (Lipinski definition) is 3. The molecular formula is C15H27F3N4O. The number of carbonyl (C=O) groups excluding carboxylic acids is 1. The molecule has 0 radical (unpaired) electrons. The van der Waals surface area contributed by atoms with Crippen LogP contribution in [0.15, 0.2) is 0 Å². The number of carbonyl (C=O) groups is 1. The lowest BCUT2D eigenvalue weighted by Crippen LogP contribution is -2.57. The molecule has 0 aromatic rings. The Bertz CT molecular complexity index is 364. The fourth-order valence-corrected chi connectivity index (χ4v) is 3.29. The lowest BCUT2D eigenvalue weighted by atomic mass is 9.96. The van der Waals surface area contributed by atoms with Gasteiger partial charge in [0.15, 0.2) is 0 Å². The van der Waals surface area contributed by atoms with Crippen LogP contribution in [0.3, 0.4) is 0 Å². The molecule has 0 saturated carbocycles. The number of nitrogens with one attached hydrogen (secondary N) is 3. The number of halogens is 3. The molecule has 2 aliphatic heterocycles. The normalized spacial score (nSPS) is 25.6. The van der Waals surface area contributed by atoms with Crippen molar-refractivity contribution < 1.29 is 18.0 Å². The van der Waals surface area contributed by atoms with E-state index in [9.17, 15) is 18.0 Å². The third-order valence-electron chi connectivity index (χ3n) is 4.63. The topological polar surface area (TPSA) is 56.4 Å². The Hall–Kier alpha value is -0.860. The zero-order chi connectivity index (χ0) is 16.7. The molecule has 8 heteroatoms. The molecule has 2 fully saturated rings. The van der Waals surface area contributed by atoms with E-state index in [1.807, 2.05) is 0 Å². The van der Waals surface area contributed by atoms with Gasteiger partial charge in [-0.2, -0.15) is 13.2 Å². The van der Waals surface area contributed by atoms with Gasteiger partial charge in [0.05, 0.1) is 0 Å². The maximum absolute atomic E-state index is 13.2. The number of piperazine rings is 1. The highest BCUT2D eigenvalue weighted by Crippen LogP contribution is 2.25. The second kappa shape index (κ2) is 8.84. The molecule has 0 spiro atoms. The van der Waals surface area contributed by atoms with Crippen molar-refractivity contribution in [2.24, 2.45) is 5.92 Å². The van der Waals surface area contributed by atoms with Crippen molar-refractivity contribution in [3.8, 4) is 0 Å². The Morgan fingerprint density at radius 2 is 1.83 bits per heavy atom. The third-order valence-corrected chi connectivity index (χ3v) is 4.63. The van der Waals surface area contributed by atoms with Gasteiger partial charge in [0.25, 0.3) is 0 Å². The van der Waals surface area contributed by atoms with Gasteiger partial charge < -0.3 is 16.0 Å². The largest absolute Gasteiger partial charge is 0.405 e. The van der Waals surface area contributed by atoms with Crippen LogP contribution in [0, 0.1) is 5.92 Å². The van der Waals surface area contributed by atoms with Crippen LogP contribution < -0.4 is 16.0 Å². The van der Waals surface area contributed by atoms with E-state index in [4.69, 9.17) is 0 Å². The van der Waals surface area contributed by atoms with Gasteiger partial charge in [-0.25, -0.2) is 0 Å². The molecule has 1 amide bonds. The van der Waals surface area contributed by atoms with E-state index >= 15 is 0 Å². The predicted molar refractivity (Wildman–Crippen MR) is 82.1 cm³/mol. The summed E-state index contributed by atoms with van der Waals surface area (Å²) in [4.78, 5) is 13.4. The predicted octanol–water partition coefficient (Wildman–Crippen LogP) is 0.719. The summed E-state index contributed by atoms with van der Waals surface area (Å²) in [7, 11) is 0. The van der Waals surface area contributed by atoms with Gasteiger partial charge in [-0.1, -0.05) is 0 Å². The smallest absolute Gasteiger partial charge is 0.354 e. The van der Waals surface area contributed by atoms with E-state index in [1.54, 1.807) is 0 Å². The molecule has 2 unspecified atom stereocenters. The Kier molecular flexibility index (Phi) is 7.10. The van der Waals surface area contributed by atoms with Crippen LogP contribution in [0.5, 0.6) is 0 Å². The van der Waals surface area contributed by atoms with E-state index in [0.29, 0.717) is 32.6 Å². The Labute approximate surface area is 135 Å². The quantitative estimate of drug-likeness (QED) is 0.692. The van der Waals surface area contributed by atoms with Gasteiger partial charge in [0, 0.05) is 39.1 Å². The molecule has 0 aliphatic carbocycles. The van der Waals surface area contributed by atoms with Gasteiger partial charge in [-0.05, 0) is 38.3 Å². The molecule has 134 valence electrons. The summed E-state index contributed by atoms with van der Waals surface area (Å²) in [5.74, 6) is 0.00908. The van der Waals surface area contributed by atoms with Crippen molar-refractivity contribution in [3.05, 3.63) is 0 Å². The molecule has 0 aromatic heterocycles. The zero-order valence-electron chi connectivity index (χ0n) is 13.4. The second-order valence-electron chi connectivity index (χ2n) is 6.40. The maximum Gasteiger partial charge on any atom is 0.405 e. The molecule has 2 rings (SSSR count). The maximum atomic E-state index is 13.2. The molecular weight excluding hydrogens is 309 g/mol. The van der Waals surface area contributed by atoms with Crippen LogP contribution in [0.25, 0.3) is 0 Å². The van der Waals surface area contributed by atoms with Crippen molar-refractivity contribution in [1.82, 2.24) is 20.9 Å². The van der Waals surface area contributed by atoms with Crippen molar-refractivity contribution in [1.29, 1.82) is 0 Å². The number of rotatable bonds is 5. The fourth-order valence-electron chi connectivity index (χ4n) is 3.29. The average Bonchev–Trinajstić information content (AvgIpc) is 2.76. The molecule has 0 aromatic carbocycles. The standard InChI is InChI=1S/C15H27F3N4O/c16-15(17,18)13(22-8-6-20-7-9-22)11-21-14(23)10-12-2-1-4-19-5-3-12/h12-13,19-20H,1-11H2,(H,21,23). The minimum Gasteiger partial charge on any atom is -0.354 e. The summed E-state index contributed by atoms with van der Waals surface area (Å²) in [6.07, 6.45) is -1.11. The number of amides is 1. The molecule has 0 bridgehead atoms. The van der Waals surface area contributed by atoms with Crippen molar-refractivity contribution >= 4 is 5.91 Å². The van der Waals surface area contributed by atoms with Crippen LogP contribution in [0.2, 0.25) is 0 Å². The number of alkyl halides is 3. The Morgan fingerprint density at radius 1 is 1.13 bits per heavy atom. The zero-order valence-corrected chi connectivity index (χ0v) is 13.4. The highest BCUT2D eigenvalue weighted by atomic mass is 19.4. The first-order chi connectivity index (χ1) is 11.0. The number of hydrogen-bond acceptors (Lipinski definition) is 4. The number of nitrogens with zero attached hydrogens (tertiary/aromatic N) is 1. The summed E-state index contributed by atoms with van der Waals surface area (Å²) in [6, 6.07) is -1.59. The lowest BCUT2D eigenvalue weighted by molar-refractivity contribution is -0.184. The van der Waals surface area contributed by atoms with Gasteiger partial charge in [0.2, 0.25) is 5.91 Å².